The van der Waals surface area contributed by atoms with Gasteiger partial charge < -0.3 is 14.5 Å². The van der Waals surface area contributed by atoms with Gasteiger partial charge in [-0.15, -0.1) is 0 Å². The summed E-state index contributed by atoms with van der Waals surface area (Å²) in [7, 11) is 1.54. The van der Waals surface area contributed by atoms with Crippen LogP contribution in [-0.2, 0) is 4.79 Å². The van der Waals surface area contributed by atoms with Crippen LogP contribution in [0.5, 0.6) is 6.01 Å². The topological polar surface area (TPSA) is 58.6 Å². The second kappa shape index (κ2) is 8.11. The molecular formula is C18H19BrN4O2. The molecule has 1 amide bonds. The predicted octanol–water partition coefficient (Wildman–Crippen LogP) is 2.61. The second-order valence-electron chi connectivity index (χ2n) is 5.63. The van der Waals surface area contributed by atoms with Crippen molar-refractivity contribution in [2.45, 2.75) is 0 Å². The minimum atomic E-state index is 0.0357. The molecule has 0 N–H and O–H groups in total. The quantitative estimate of drug-likeness (QED) is 0.735. The molecule has 25 heavy (non-hydrogen) atoms. The van der Waals surface area contributed by atoms with Crippen LogP contribution in [-0.4, -0.2) is 54.1 Å². The number of nitrogens with zero attached hydrogens (tertiary/aromatic N) is 4. The smallest absolute Gasteiger partial charge is 0.316 e. The van der Waals surface area contributed by atoms with Crippen molar-refractivity contribution in [3.63, 3.8) is 0 Å². The van der Waals surface area contributed by atoms with Crippen molar-refractivity contribution in [3.8, 4) is 6.01 Å². The van der Waals surface area contributed by atoms with Gasteiger partial charge in [0.1, 0.15) is 0 Å². The molecule has 0 bridgehead atoms. The van der Waals surface area contributed by atoms with Crippen LogP contribution in [0.2, 0.25) is 0 Å². The average molecular weight is 403 g/mol. The molecule has 1 aromatic carbocycles. The van der Waals surface area contributed by atoms with Gasteiger partial charge >= 0.3 is 6.01 Å². The first-order valence-corrected chi connectivity index (χ1v) is 8.78. The molecule has 0 spiro atoms. The largest absolute Gasteiger partial charge is 0.467 e. The van der Waals surface area contributed by atoms with Gasteiger partial charge in [0.2, 0.25) is 5.91 Å². The number of aromatic nitrogens is 2. The maximum absolute atomic E-state index is 12.3. The molecule has 3 rings (SSSR count). The first-order chi connectivity index (χ1) is 12.2. The Morgan fingerprint density at radius 3 is 2.36 bits per heavy atom. The fraction of sp³-hybridized carbons (Fsp3) is 0.278. The van der Waals surface area contributed by atoms with Crippen LogP contribution in [0, 0.1) is 0 Å². The van der Waals surface area contributed by atoms with E-state index in [0.29, 0.717) is 19.1 Å². The Labute approximate surface area is 155 Å². The number of piperazine rings is 1. The molecule has 0 aliphatic carbocycles. The van der Waals surface area contributed by atoms with Crippen molar-refractivity contribution in [3.05, 3.63) is 52.8 Å². The van der Waals surface area contributed by atoms with Gasteiger partial charge in [0, 0.05) is 36.7 Å². The molecule has 1 aromatic heterocycles. The number of carbonyl (C=O) groups excluding carboxylic acids is 1. The summed E-state index contributed by atoms with van der Waals surface area (Å²) in [6.07, 6.45) is 6.97. The number of hydrogen-bond donors (Lipinski definition) is 0. The summed E-state index contributed by atoms with van der Waals surface area (Å²) < 4.78 is 5.99. The first kappa shape index (κ1) is 17.4. The third-order valence-electron chi connectivity index (χ3n) is 4.04. The van der Waals surface area contributed by atoms with Gasteiger partial charge in [-0.3, -0.25) is 4.79 Å². The van der Waals surface area contributed by atoms with Crippen molar-refractivity contribution in [2.75, 3.05) is 38.2 Å². The summed E-state index contributed by atoms with van der Waals surface area (Å²) in [5.74, 6) is 0.0357. The van der Waals surface area contributed by atoms with Gasteiger partial charge in [0.25, 0.3) is 0 Å². The molecule has 1 aliphatic rings. The van der Waals surface area contributed by atoms with Crippen molar-refractivity contribution in [2.24, 2.45) is 0 Å². The van der Waals surface area contributed by atoms with Gasteiger partial charge in [-0.25, -0.2) is 9.97 Å². The van der Waals surface area contributed by atoms with Crippen molar-refractivity contribution >= 4 is 33.6 Å². The Hall–Kier alpha value is -2.41. The summed E-state index contributed by atoms with van der Waals surface area (Å²) >= 11 is 3.40. The van der Waals surface area contributed by atoms with Gasteiger partial charge in [-0.2, -0.15) is 0 Å². The minimum absolute atomic E-state index is 0.0357. The Kier molecular flexibility index (Phi) is 5.65. The molecule has 0 unspecified atom stereocenters. The molecular weight excluding hydrogens is 384 g/mol. The lowest BCUT2D eigenvalue weighted by Gasteiger charge is -2.35. The molecule has 0 atom stereocenters. The fourth-order valence-electron chi connectivity index (χ4n) is 2.61. The highest BCUT2D eigenvalue weighted by atomic mass is 79.9. The van der Waals surface area contributed by atoms with E-state index in [1.54, 1.807) is 25.6 Å². The Morgan fingerprint density at radius 1 is 1.12 bits per heavy atom. The summed E-state index contributed by atoms with van der Waals surface area (Å²) in [6.45, 7) is 2.87. The molecule has 6 nitrogen and oxygen atoms in total. The monoisotopic (exact) mass is 402 g/mol. The number of amides is 1. The van der Waals surface area contributed by atoms with E-state index in [-0.39, 0.29) is 5.91 Å². The summed E-state index contributed by atoms with van der Waals surface area (Å²) in [5.41, 5.74) is 1.95. The van der Waals surface area contributed by atoms with E-state index >= 15 is 0 Å². The highest BCUT2D eigenvalue weighted by Gasteiger charge is 2.20. The normalized spacial score (nSPS) is 14.8. The third kappa shape index (κ3) is 4.57. The fourth-order valence-corrected chi connectivity index (χ4v) is 2.87. The van der Waals surface area contributed by atoms with Crippen LogP contribution >= 0.6 is 15.9 Å². The maximum atomic E-state index is 12.3. The summed E-state index contributed by atoms with van der Waals surface area (Å²) in [4.78, 5) is 24.6. The number of halogens is 1. The van der Waals surface area contributed by atoms with Gasteiger partial charge in [-0.05, 0) is 23.8 Å². The van der Waals surface area contributed by atoms with E-state index in [1.165, 1.54) is 0 Å². The van der Waals surface area contributed by atoms with Crippen LogP contribution in [0.1, 0.15) is 5.56 Å². The molecule has 130 valence electrons. The SMILES string of the molecule is COc1ncc(N2CCN(C(=O)/C=C/c3ccc(Br)cc3)CC2)cn1. The van der Waals surface area contributed by atoms with Crippen LogP contribution in [0.3, 0.4) is 0 Å². The number of hydrogen-bond acceptors (Lipinski definition) is 5. The van der Waals surface area contributed by atoms with E-state index in [1.807, 2.05) is 35.2 Å². The highest BCUT2D eigenvalue weighted by Crippen LogP contribution is 2.16. The van der Waals surface area contributed by atoms with Gasteiger partial charge in [-0.1, -0.05) is 28.1 Å². The predicted molar refractivity (Wildman–Crippen MR) is 101 cm³/mol. The average Bonchev–Trinajstić information content (AvgIpc) is 2.67. The van der Waals surface area contributed by atoms with Gasteiger partial charge in [0.05, 0.1) is 25.2 Å². The van der Waals surface area contributed by atoms with Crippen molar-refractivity contribution < 1.29 is 9.53 Å². The lowest BCUT2D eigenvalue weighted by atomic mass is 10.2. The highest BCUT2D eigenvalue weighted by molar-refractivity contribution is 9.10. The number of anilines is 1. The van der Waals surface area contributed by atoms with Gasteiger partial charge in [0.15, 0.2) is 0 Å². The van der Waals surface area contributed by atoms with Crippen LogP contribution in [0.15, 0.2) is 47.2 Å². The molecule has 2 aromatic rings. The number of carbonyl (C=O) groups is 1. The summed E-state index contributed by atoms with van der Waals surface area (Å²) in [6, 6.07) is 8.21. The standard InChI is InChI=1S/C18H19BrN4O2/c1-25-18-20-12-16(13-21-18)22-8-10-23(11-9-22)17(24)7-4-14-2-5-15(19)6-3-14/h2-7,12-13H,8-11H2,1H3/b7-4+. The molecule has 0 saturated carbocycles. The van der Waals surface area contributed by atoms with Crippen LogP contribution < -0.4 is 9.64 Å². The second-order valence-corrected chi connectivity index (χ2v) is 6.54. The Morgan fingerprint density at radius 2 is 1.76 bits per heavy atom. The number of rotatable bonds is 4. The molecule has 2 heterocycles. The molecule has 0 radical (unpaired) electrons. The summed E-state index contributed by atoms with van der Waals surface area (Å²) in [5, 5.41) is 0. The molecule has 1 aliphatic heterocycles. The Balaban J connectivity index is 1.54. The minimum Gasteiger partial charge on any atom is -0.467 e. The zero-order valence-electron chi connectivity index (χ0n) is 13.9. The number of benzene rings is 1. The van der Waals surface area contributed by atoms with Crippen molar-refractivity contribution in [1.29, 1.82) is 0 Å². The number of ether oxygens (including phenoxy) is 1. The maximum Gasteiger partial charge on any atom is 0.316 e. The van der Waals surface area contributed by atoms with E-state index in [0.717, 1.165) is 28.8 Å². The molecule has 7 heteroatoms. The molecule has 1 saturated heterocycles. The molecule has 1 fully saturated rings. The van der Waals surface area contributed by atoms with E-state index in [2.05, 4.69) is 30.8 Å². The van der Waals surface area contributed by atoms with Crippen LogP contribution in [0.25, 0.3) is 6.08 Å². The third-order valence-corrected chi connectivity index (χ3v) is 4.57. The van der Waals surface area contributed by atoms with E-state index in [4.69, 9.17) is 4.74 Å². The lowest BCUT2D eigenvalue weighted by Crippen LogP contribution is -2.48. The van der Waals surface area contributed by atoms with E-state index in [9.17, 15) is 4.79 Å². The van der Waals surface area contributed by atoms with E-state index < -0.39 is 0 Å². The first-order valence-electron chi connectivity index (χ1n) is 7.99. The number of methoxy groups -OCH3 is 1. The van der Waals surface area contributed by atoms with Crippen LogP contribution in [0.4, 0.5) is 5.69 Å². The Bertz CT molecular complexity index is 739. The zero-order chi connectivity index (χ0) is 17.6. The zero-order valence-corrected chi connectivity index (χ0v) is 15.5. The lowest BCUT2D eigenvalue weighted by molar-refractivity contribution is -0.126. The van der Waals surface area contributed by atoms with Crippen molar-refractivity contribution in [1.82, 2.24) is 14.9 Å².